The van der Waals surface area contributed by atoms with Gasteiger partial charge in [0, 0.05) is 40.6 Å². The summed E-state index contributed by atoms with van der Waals surface area (Å²) in [5.74, 6) is 0.681. The highest BCUT2D eigenvalue weighted by molar-refractivity contribution is 6.33. The summed E-state index contributed by atoms with van der Waals surface area (Å²) in [7, 11) is 0. The number of ketones is 1. The fraction of sp³-hybridized carbons (Fsp3) is 0.231. The van der Waals surface area contributed by atoms with E-state index in [9.17, 15) is 14.7 Å². The van der Waals surface area contributed by atoms with Crippen LogP contribution in [0.4, 0.5) is 0 Å². The Morgan fingerprint density at radius 3 is 2.47 bits per heavy atom. The molecule has 1 heterocycles. The summed E-state index contributed by atoms with van der Waals surface area (Å²) < 4.78 is 5.88. The van der Waals surface area contributed by atoms with Gasteiger partial charge in [-0.3, -0.25) is 9.59 Å². The van der Waals surface area contributed by atoms with Gasteiger partial charge in [-0.15, -0.1) is 0 Å². The molecule has 4 nitrogen and oxygen atoms in total. The number of rotatable bonds is 6. The molecule has 4 rings (SSSR count). The summed E-state index contributed by atoms with van der Waals surface area (Å²) in [4.78, 5) is 24.7. The number of Topliss-reactive ketones (excluding diaryl/α,β-unsaturated/α-hetero) is 1. The highest BCUT2D eigenvalue weighted by atomic mass is 35.5. The normalized spacial score (nSPS) is 12.4. The molecular weight excluding hydrogens is 447 g/mol. The topological polar surface area (TPSA) is 67.5 Å². The first-order valence-corrected chi connectivity index (χ1v) is 11.3. The van der Waals surface area contributed by atoms with E-state index >= 15 is 0 Å². The number of fused-ring (bicyclic) bond motifs is 2. The molecule has 1 unspecified atom stereocenters. The highest BCUT2D eigenvalue weighted by Crippen LogP contribution is 2.43. The van der Waals surface area contributed by atoms with Crippen LogP contribution in [0.1, 0.15) is 43.5 Å². The SMILES string of the molecule is CCCC(C)CC(=O)c1ccc(-c2c3cc(Cl)c(=O)cc-3oc3cc(O)c(Cl)cc23)cc1. The Morgan fingerprint density at radius 1 is 1.06 bits per heavy atom. The molecule has 0 saturated carbocycles. The molecule has 1 aliphatic carbocycles. The number of hydrogen-bond donors (Lipinski definition) is 1. The third kappa shape index (κ3) is 4.25. The van der Waals surface area contributed by atoms with Crippen LogP contribution in [0.2, 0.25) is 10.0 Å². The molecule has 0 bridgehead atoms. The monoisotopic (exact) mass is 468 g/mol. The van der Waals surface area contributed by atoms with Crippen molar-refractivity contribution in [1.82, 2.24) is 0 Å². The van der Waals surface area contributed by atoms with E-state index in [-0.39, 0.29) is 27.0 Å². The molecule has 6 heteroatoms. The van der Waals surface area contributed by atoms with E-state index in [4.69, 9.17) is 27.6 Å². The Kier molecular flexibility index (Phi) is 6.27. The van der Waals surface area contributed by atoms with Crippen molar-refractivity contribution in [2.75, 3.05) is 0 Å². The second-order valence-corrected chi connectivity index (χ2v) is 8.97. The third-order valence-electron chi connectivity index (χ3n) is 5.65. The summed E-state index contributed by atoms with van der Waals surface area (Å²) >= 11 is 12.3. The van der Waals surface area contributed by atoms with Crippen LogP contribution < -0.4 is 5.43 Å². The zero-order chi connectivity index (χ0) is 23.0. The summed E-state index contributed by atoms with van der Waals surface area (Å²) in [6.07, 6.45) is 2.59. The zero-order valence-corrected chi connectivity index (χ0v) is 19.3. The first-order chi connectivity index (χ1) is 15.3. The van der Waals surface area contributed by atoms with Gasteiger partial charge in [0.05, 0.1) is 10.0 Å². The van der Waals surface area contributed by atoms with Crippen LogP contribution in [0.25, 0.3) is 33.4 Å². The molecule has 0 radical (unpaired) electrons. The van der Waals surface area contributed by atoms with Gasteiger partial charge in [-0.25, -0.2) is 0 Å². The standard InChI is InChI=1S/C26H22Cl2O4/c1-3-4-14(2)9-21(29)15-5-7-16(8-6-15)26-17-10-19(27)22(30)12-24(17)32-25-13-23(31)20(28)11-18(25)26/h5-8,10-14,30H,3-4,9H2,1-2H3. The summed E-state index contributed by atoms with van der Waals surface area (Å²) in [5.41, 5.74) is 2.88. The molecule has 0 aromatic heterocycles. The van der Waals surface area contributed by atoms with Crippen molar-refractivity contribution in [1.29, 1.82) is 0 Å². The lowest BCUT2D eigenvalue weighted by molar-refractivity contribution is 0.0962. The van der Waals surface area contributed by atoms with Crippen LogP contribution in [-0.2, 0) is 0 Å². The lowest BCUT2D eigenvalue weighted by atomic mass is 9.91. The Labute approximate surface area is 195 Å². The first-order valence-electron chi connectivity index (χ1n) is 10.5. The van der Waals surface area contributed by atoms with Crippen molar-refractivity contribution >= 4 is 40.0 Å². The molecule has 2 aromatic rings. The maximum Gasteiger partial charge on any atom is 0.200 e. The Bertz CT molecular complexity index is 1340. The van der Waals surface area contributed by atoms with Gasteiger partial charge in [0.2, 0.25) is 5.43 Å². The minimum Gasteiger partial charge on any atom is -0.506 e. The van der Waals surface area contributed by atoms with E-state index in [1.165, 1.54) is 12.1 Å². The van der Waals surface area contributed by atoms with Gasteiger partial charge >= 0.3 is 0 Å². The quantitative estimate of drug-likeness (QED) is 0.233. The molecule has 164 valence electrons. The van der Waals surface area contributed by atoms with Crippen LogP contribution >= 0.6 is 23.2 Å². The number of carbonyl (C=O) groups is 1. The third-order valence-corrected chi connectivity index (χ3v) is 6.25. The predicted octanol–water partition coefficient (Wildman–Crippen LogP) is 7.59. The van der Waals surface area contributed by atoms with Gasteiger partial charge in [0.1, 0.15) is 17.1 Å². The van der Waals surface area contributed by atoms with E-state index in [0.717, 1.165) is 24.0 Å². The molecule has 1 aliphatic heterocycles. The van der Waals surface area contributed by atoms with Crippen molar-refractivity contribution in [3.05, 3.63) is 74.4 Å². The van der Waals surface area contributed by atoms with E-state index in [1.807, 2.05) is 24.3 Å². The fourth-order valence-electron chi connectivity index (χ4n) is 4.06. The molecular formula is C26H22Cl2O4. The minimum absolute atomic E-state index is 0.0786. The Balaban J connectivity index is 1.87. The second kappa shape index (κ2) is 8.97. The van der Waals surface area contributed by atoms with Crippen LogP contribution in [0.3, 0.4) is 0 Å². The molecule has 1 N–H and O–H groups in total. The Morgan fingerprint density at radius 2 is 1.78 bits per heavy atom. The number of phenols is 1. The number of phenolic OH excluding ortho intramolecular Hbond substituents is 1. The number of benzene rings is 3. The van der Waals surface area contributed by atoms with Gasteiger partial charge in [-0.2, -0.15) is 0 Å². The van der Waals surface area contributed by atoms with Crippen molar-refractivity contribution in [3.8, 4) is 28.2 Å². The van der Waals surface area contributed by atoms with Crippen molar-refractivity contribution in [2.24, 2.45) is 5.92 Å². The zero-order valence-electron chi connectivity index (χ0n) is 17.7. The fourth-order valence-corrected chi connectivity index (χ4v) is 4.39. The van der Waals surface area contributed by atoms with Gasteiger partial charge in [-0.05, 0) is 23.6 Å². The van der Waals surface area contributed by atoms with Gasteiger partial charge < -0.3 is 9.52 Å². The lowest BCUT2D eigenvalue weighted by Crippen LogP contribution is -2.06. The predicted molar refractivity (Wildman–Crippen MR) is 129 cm³/mol. The molecule has 0 fully saturated rings. The van der Waals surface area contributed by atoms with Crippen LogP contribution in [0, 0.1) is 5.92 Å². The summed E-state index contributed by atoms with van der Waals surface area (Å²) in [6, 6.07) is 13.3. The summed E-state index contributed by atoms with van der Waals surface area (Å²) in [5, 5.41) is 11.0. The highest BCUT2D eigenvalue weighted by Gasteiger charge is 2.21. The van der Waals surface area contributed by atoms with Crippen molar-refractivity contribution in [2.45, 2.75) is 33.1 Å². The van der Waals surface area contributed by atoms with Crippen molar-refractivity contribution in [3.63, 3.8) is 0 Å². The van der Waals surface area contributed by atoms with Crippen LogP contribution in [-0.4, -0.2) is 10.9 Å². The maximum atomic E-state index is 12.7. The maximum absolute atomic E-state index is 12.7. The molecule has 32 heavy (non-hydrogen) atoms. The van der Waals surface area contributed by atoms with Gasteiger partial charge in [0.25, 0.3) is 0 Å². The number of hydrogen-bond acceptors (Lipinski definition) is 4. The molecule has 0 saturated heterocycles. The average molecular weight is 469 g/mol. The largest absolute Gasteiger partial charge is 0.506 e. The summed E-state index contributed by atoms with van der Waals surface area (Å²) in [6.45, 7) is 4.21. The van der Waals surface area contributed by atoms with E-state index < -0.39 is 0 Å². The number of carbonyl (C=O) groups excluding carboxylic acids is 1. The minimum atomic E-state index is -0.353. The van der Waals surface area contributed by atoms with E-state index in [0.29, 0.717) is 40.2 Å². The second-order valence-electron chi connectivity index (χ2n) is 8.15. The van der Waals surface area contributed by atoms with E-state index in [1.54, 1.807) is 12.1 Å². The van der Waals surface area contributed by atoms with Crippen LogP contribution in [0.5, 0.6) is 5.75 Å². The molecule has 0 spiro atoms. The number of aromatic hydroxyl groups is 1. The van der Waals surface area contributed by atoms with Gasteiger partial charge in [0.15, 0.2) is 5.78 Å². The molecule has 2 aromatic carbocycles. The molecule has 0 amide bonds. The van der Waals surface area contributed by atoms with Crippen LogP contribution in [0.15, 0.2) is 57.7 Å². The van der Waals surface area contributed by atoms with Gasteiger partial charge in [-0.1, -0.05) is 74.2 Å². The van der Waals surface area contributed by atoms with Crippen molar-refractivity contribution < 1.29 is 14.3 Å². The average Bonchev–Trinajstić information content (AvgIpc) is 2.75. The Hall–Kier alpha value is -2.82. The number of halogens is 2. The van der Waals surface area contributed by atoms with E-state index in [2.05, 4.69) is 13.8 Å². The lowest BCUT2D eigenvalue weighted by Gasteiger charge is -2.16. The molecule has 2 aliphatic rings. The molecule has 1 atom stereocenters. The smallest absolute Gasteiger partial charge is 0.200 e. The first kappa shape index (κ1) is 22.4.